The quantitative estimate of drug-likeness (QED) is 0.864. The maximum absolute atomic E-state index is 10.0. The van der Waals surface area contributed by atoms with E-state index in [-0.39, 0.29) is 0 Å². The Hall–Kier alpha value is -2.00. The summed E-state index contributed by atoms with van der Waals surface area (Å²) in [4.78, 5) is 0. The molecule has 0 saturated heterocycles. The zero-order valence-corrected chi connectivity index (χ0v) is 11.0. The molecule has 1 unspecified atom stereocenters. The zero-order chi connectivity index (χ0) is 13.5. The number of ether oxygens (including phenoxy) is 2. The van der Waals surface area contributed by atoms with Crippen LogP contribution in [-0.2, 0) is 0 Å². The third-order valence-electron chi connectivity index (χ3n) is 2.90. The summed E-state index contributed by atoms with van der Waals surface area (Å²) in [6.45, 7) is 0.483. The second kappa shape index (κ2) is 6.81. The van der Waals surface area contributed by atoms with Crippen LogP contribution < -0.4 is 9.47 Å². The molecular weight excluding hydrogens is 240 g/mol. The summed E-state index contributed by atoms with van der Waals surface area (Å²) in [5.41, 5.74) is 0.873. The average Bonchev–Trinajstić information content (AvgIpc) is 2.48. The predicted molar refractivity (Wildman–Crippen MR) is 74.5 cm³/mol. The van der Waals surface area contributed by atoms with E-state index in [4.69, 9.17) is 9.47 Å². The number of aliphatic hydroxyl groups excluding tert-OH is 1. The van der Waals surface area contributed by atoms with Gasteiger partial charge in [-0.3, -0.25) is 0 Å². The first-order valence-electron chi connectivity index (χ1n) is 6.29. The molecule has 0 bridgehead atoms. The van der Waals surface area contributed by atoms with Gasteiger partial charge in [-0.25, -0.2) is 0 Å². The molecule has 0 radical (unpaired) electrons. The van der Waals surface area contributed by atoms with Crippen LogP contribution >= 0.6 is 0 Å². The number of para-hydroxylation sites is 1. The second-order valence-corrected chi connectivity index (χ2v) is 4.24. The highest BCUT2D eigenvalue weighted by molar-refractivity contribution is 5.28. The Labute approximate surface area is 113 Å². The van der Waals surface area contributed by atoms with Gasteiger partial charge < -0.3 is 14.6 Å². The molecule has 2 aromatic carbocycles. The van der Waals surface area contributed by atoms with Crippen LogP contribution in [0.4, 0.5) is 0 Å². The van der Waals surface area contributed by atoms with Gasteiger partial charge in [0.25, 0.3) is 0 Å². The molecule has 0 aliphatic rings. The molecule has 0 spiro atoms. The molecule has 1 N–H and O–H groups in total. The van der Waals surface area contributed by atoms with E-state index in [0.717, 1.165) is 17.1 Å². The van der Waals surface area contributed by atoms with Crippen molar-refractivity contribution < 1.29 is 14.6 Å². The maximum Gasteiger partial charge on any atom is 0.119 e. The molecule has 0 aromatic heterocycles. The van der Waals surface area contributed by atoms with E-state index < -0.39 is 6.10 Å². The highest BCUT2D eigenvalue weighted by Gasteiger charge is 2.07. The first-order chi connectivity index (χ1) is 9.29. The van der Waals surface area contributed by atoms with Crippen molar-refractivity contribution >= 4 is 0 Å². The van der Waals surface area contributed by atoms with Gasteiger partial charge in [0.2, 0.25) is 0 Å². The Bertz CT molecular complexity index is 479. The topological polar surface area (TPSA) is 38.7 Å². The van der Waals surface area contributed by atoms with Gasteiger partial charge in [-0.15, -0.1) is 0 Å². The SMILES string of the molecule is COc1ccc(C(O)CCOc2ccccc2)cc1. The summed E-state index contributed by atoms with van der Waals surface area (Å²) < 4.78 is 10.6. The molecule has 0 saturated carbocycles. The van der Waals surface area contributed by atoms with E-state index in [1.54, 1.807) is 7.11 Å². The van der Waals surface area contributed by atoms with E-state index >= 15 is 0 Å². The second-order valence-electron chi connectivity index (χ2n) is 4.24. The van der Waals surface area contributed by atoms with Gasteiger partial charge in [-0.05, 0) is 29.8 Å². The van der Waals surface area contributed by atoms with Gasteiger partial charge in [0.1, 0.15) is 11.5 Å². The molecule has 0 amide bonds. The highest BCUT2D eigenvalue weighted by Crippen LogP contribution is 2.20. The van der Waals surface area contributed by atoms with Crippen LogP contribution in [0.25, 0.3) is 0 Å². The lowest BCUT2D eigenvalue weighted by Crippen LogP contribution is -2.05. The zero-order valence-electron chi connectivity index (χ0n) is 11.0. The van der Waals surface area contributed by atoms with E-state index in [1.807, 2.05) is 54.6 Å². The summed E-state index contributed by atoms with van der Waals surface area (Å²) in [5, 5.41) is 10.0. The minimum atomic E-state index is -0.519. The number of methoxy groups -OCH3 is 1. The van der Waals surface area contributed by atoms with E-state index in [0.29, 0.717) is 13.0 Å². The summed E-state index contributed by atoms with van der Waals surface area (Å²) >= 11 is 0. The Kier molecular flexibility index (Phi) is 4.81. The number of hydrogen-bond acceptors (Lipinski definition) is 3. The molecule has 0 heterocycles. The summed E-state index contributed by atoms with van der Waals surface area (Å²) in [7, 11) is 1.62. The Morgan fingerprint density at radius 1 is 0.947 bits per heavy atom. The molecule has 2 aromatic rings. The average molecular weight is 258 g/mol. The third kappa shape index (κ3) is 4.00. The monoisotopic (exact) mass is 258 g/mol. The van der Waals surface area contributed by atoms with E-state index in [9.17, 15) is 5.11 Å². The fourth-order valence-corrected chi connectivity index (χ4v) is 1.80. The molecule has 2 rings (SSSR count). The van der Waals surface area contributed by atoms with Crippen LogP contribution in [0.15, 0.2) is 54.6 Å². The summed E-state index contributed by atoms with van der Waals surface area (Å²) in [5.74, 6) is 1.61. The number of rotatable bonds is 6. The first-order valence-corrected chi connectivity index (χ1v) is 6.29. The fourth-order valence-electron chi connectivity index (χ4n) is 1.80. The van der Waals surface area contributed by atoms with Crippen LogP contribution in [-0.4, -0.2) is 18.8 Å². The number of benzene rings is 2. The van der Waals surface area contributed by atoms with Crippen LogP contribution in [0.1, 0.15) is 18.1 Å². The fraction of sp³-hybridized carbons (Fsp3) is 0.250. The van der Waals surface area contributed by atoms with E-state index in [2.05, 4.69) is 0 Å². The largest absolute Gasteiger partial charge is 0.497 e. The predicted octanol–water partition coefficient (Wildman–Crippen LogP) is 3.20. The lowest BCUT2D eigenvalue weighted by atomic mass is 10.1. The van der Waals surface area contributed by atoms with Gasteiger partial charge in [-0.2, -0.15) is 0 Å². The third-order valence-corrected chi connectivity index (χ3v) is 2.90. The van der Waals surface area contributed by atoms with Crippen LogP contribution in [0, 0.1) is 0 Å². The summed E-state index contributed by atoms with van der Waals surface area (Å²) in [6, 6.07) is 17.0. The molecule has 0 aliphatic heterocycles. The van der Waals surface area contributed by atoms with Crippen molar-refractivity contribution in [2.75, 3.05) is 13.7 Å². The van der Waals surface area contributed by atoms with Crippen molar-refractivity contribution in [2.24, 2.45) is 0 Å². The van der Waals surface area contributed by atoms with Gasteiger partial charge in [-0.1, -0.05) is 30.3 Å². The first kappa shape index (κ1) is 13.4. The van der Waals surface area contributed by atoms with Gasteiger partial charge in [0.15, 0.2) is 0 Å². The van der Waals surface area contributed by atoms with Gasteiger partial charge in [0, 0.05) is 6.42 Å². The molecule has 3 nitrogen and oxygen atoms in total. The Morgan fingerprint density at radius 3 is 2.26 bits per heavy atom. The minimum absolute atomic E-state index is 0.483. The molecule has 1 atom stereocenters. The molecule has 3 heteroatoms. The van der Waals surface area contributed by atoms with Crippen LogP contribution in [0.5, 0.6) is 11.5 Å². The molecule has 0 fully saturated rings. The lowest BCUT2D eigenvalue weighted by Gasteiger charge is -2.12. The van der Waals surface area contributed by atoms with Crippen LogP contribution in [0.2, 0.25) is 0 Å². The molecule has 0 aliphatic carbocycles. The minimum Gasteiger partial charge on any atom is -0.497 e. The standard InChI is InChI=1S/C16H18O3/c1-18-14-9-7-13(8-10-14)16(17)11-12-19-15-5-3-2-4-6-15/h2-10,16-17H,11-12H2,1H3. The Morgan fingerprint density at radius 2 is 1.63 bits per heavy atom. The van der Waals surface area contributed by atoms with Crippen LogP contribution in [0.3, 0.4) is 0 Å². The van der Waals surface area contributed by atoms with Gasteiger partial charge >= 0.3 is 0 Å². The van der Waals surface area contributed by atoms with Crippen molar-refractivity contribution in [3.63, 3.8) is 0 Å². The van der Waals surface area contributed by atoms with Crippen molar-refractivity contribution in [1.29, 1.82) is 0 Å². The molecule has 19 heavy (non-hydrogen) atoms. The van der Waals surface area contributed by atoms with Crippen molar-refractivity contribution in [3.05, 3.63) is 60.2 Å². The maximum atomic E-state index is 10.0. The smallest absolute Gasteiger partial charge is 0.119 e. The molecule has 100 valence electrons. The van der Waals surface area contributed by atoms with Crippen molar-refractivity contribution in [2.45, 2.75) is 12.5 Å². The Balaban J connectivity index is 1.82. The van der Waals surface area contributed by atoms with Gasteiger partial charge in [0.05, 0.1) is 19.8 Å². The normalized spacial score (nSPS) is 11.9. The van der Waals surface area contributed by atoms with E-state index in [1.165, 1.54) is 0 Å². The molecular formula is C16H18O3. The summed E-state index contributed by atoms with van der Waals surface area (Å²) in [6.07, 6.45) is 0.0379. The lowest BCUT2D eigenvalue weighted by molar-refractivity contribution is 0.140. The number of aliphatic hydroxyl groups is 1. The highest BCUT2D eigenvalue weighted by atomic mass is 16.5. The number of hydrogen-bond donors (Lipinski definition) is 1. The van der Waals surface area contributed by atoms with Crippen molar-refractivity contribution in [1.82, 2.24) is 0 Å². The van der Waals surface area contributed by atoms with Crippen molar-refractivity contribution in [3.8, 4) is 11.5 Å².